The molecule has 0 aromatic heterocycles. The molecule has 7 nitrogen and oxygen atoms in total. The molecule has 0 unspecified atom stereocenters. The number of hydrogen-bond donors (Lipinski definition) is 3. The molecule has 0 saturated heterocycles. The number of amides is 1. The lowest BCUT2D eigenvalue weighted by molar-refractivity contribution is -0.384. The van der Waals surface area contributed by atoms with E-state index in [0.29, 0.717) is 6.54 Å². The molecular weight excluding hydrogens is 248 g/mol. The molecule has 19 heavy (non-hydrogen) atoms. The molecular formula is C12H18N4O3. The van der Waals surface area contributed by atoms with Crippen LogP contribution in [0.25, 0.3) is 0 Å². The molecule has 0 fully saturated rings. The van der Waals surface area contributed by atoms with Crippen LogP contribution < -0.4 is 16.6 Å². The van der Waals surface area contributed by atoms with Crippen LogP contribution in [-0.4, -0.2) is 17.4 Å². The van der Waals surface area contributed by atoms with Crippen molar-refractivity contribution in [2.75, 3.05) is 12.0 Å². The molecule has 1 aromatic carbocycles. The number of carbonyl (C=O) groups excluding carboxylic acids is 1. The average molecular weight is 266 g/mol. The van der Waals surface area contributed by atoms with Gasteiger partial charge < -0.3 is 10.7 Å². The summed E-state index contributed by atoms with van der Waals surface area (Å²) >= 11 is 0. The number of nitro groups is 1. The van der Waals surface area contributed by atoms with E-state index in [9.17, 15) is 14.9 Å². The Hall–Kier alpha value is -2.15. The van der Waals surface area contributed by atoms with Crippen LogP contribution in [0.15, 0.2) is 18.2 Å². The largest absolute Gasteiger partial charge is 0.351 e. The van der Waals surface area contributed by atoms with Crippen LogP contribution in [-0.2, 0) is 0 Å². The van der Waals surface area contributed by atoms with Crippen LogP contribution in [0.1, 0.15) is 31.1 Å². The molecule has 0 aliphatic heterocycles. The van der Waals surface area contributed by atoms with Crippen molar-refractivity contribution in [2.45, 2.75) is 20.8 Å². The van der Waals surface area contributed by atoms with E-state index in [-0.39, 0.29) is 22.4 Å². The molecule has 0 atom stereocenters. The minimum atomic E-state index is -0.624. The number of hydrogen-bond acceptors (Lipinski definition) is 5. The van der Waals surface area contributed by atoms with Crippen molar-refractivity contribution in [3.05, 3.63) is 33.9 Å². The van der Waals surface area contributed by atoms with Crippen LogP contribution in [0.5, 0.6) is 0 Å². The summed E-state index contributed by atoms with van der Waals surface area (Å²) in [5.74, 6) is 4.73. The van der Waals surface area contributed by atoms with Crippen LogP contribution in [0.4, 0.5) is 11.4 Å². The van der Waals surface area contributed by atoms with Gasteiger partial charge in [-0.05, 0) is 17.5 Å². The molecule has 1 amide bonds. The summed E-state index contributed by atoms with van der Waals surface area (Å²) in [6, 6.07) is 4.38. The molecule has 4 N–H and O–H groups in total. The first kappa shape index (κ1) is 14.9. The standard InChI is InChI=1S/C12H18N4O3/c1-12(2,3)7-14-11(17)8-5-4-6-9(15-13)10(8)16(18)19/h4-6,15H,7,13H2,1-3H3,(H,14,17). The zero-order chi connectivity index (χ0) is 14.6. The summed E-state index contributed by atoms with van der Waals surface area (Å²) in [5.41, 5.74) is 1.89. The SMILES string of the molecule is CC(C)(C)CNC(=O)c1cccc(NN)c1[N+](=O)[O-]. The van der Waals surface area contributed by atoms with Gasteiger partial charge in [0.1, 0.15) is 11.3 Å². The van der Waals surface area contributed by atoms with E-state index in [1.54, 1.807) is 0 Å². The summed E-state index contributed by atoms with van der Waals surface area (Å²) in [6.45, 7) is 6.29. The van der Waals surface area contributed by atoms with Gasteiger partial charge in [-0.15, -0.1) is 0 Å². The van der Waals surface area contributed by atoms with Crippen molar-refractivity contribution in [3.63, 3.8) is 0 Å². The first-order valence-corrected chi connectivity index (χ1v) is 5.78. The van der Waals surface area contributed by atoms with E-state index in [2.05, 4.69) is 10.7 Å². The van der Waals surface area contributed by atoms with E-state index in [0.717, 1.165) is 0 Å². The number of benzene rings is 1. The zero-order valence-corrected chi connectivity index (χ0v) is 11.2. The Morgan fingerprint density at radius 1 is 1.42 bits per heavy atom. The maximum absolute atomic E-state index is 12.0. The highest BCUT2D eigenvalue weighted by Crippen LogP contribution is 2.27. The Labute approximate surface area is 111 Å². The number of nitrogens with two attached hydrogens (primary N) is 1. The van der Waals surface area contributed by atoms with Crippen LogP contribution in [0, 0.1) is 15.5 Å². The molecule has 0 aliphatic rings. The Morgan fingerprint density at radius 2 is 2.05 bits per heavy atom. The van der Waals surface area contributed by atoms with Crippen LogP contribution in [0.2, 0.25) is 0 Å². The fourth-order valence-electron chi connectivity index (χ4n) is 1.48. The first-order chi connectivity index (χ1) is 8.76. The number of carbonyl (C=O) groups is 1. The smallest absolute Gasteiger partial charge is 0.306 e. The summed E-state index contributed by atoms with van der Waals surface area (Å²) in [6.07, 6.45) is 0. The Balaban J connectivity index is 3.06. The van der Waals surface area contributed by atoms with Gasteiger partial charge in [-0.3, -0.25) is 20.8 Å². The molecule has 0 heterocycles. The van der Waals surface area contributed by atoms with Gasteiger partial charge in [0.15, 0.2) is 0 Å². The Morgan fingerprint density at radius 3 is 2.53 bits per heavy atom. The molecule has 7 heteroatoms. The molecule has 0 aliphatic carbocycles. The topological polar surface area (TPSA) is 110 Å². The summed E-state index contributed by atoms with van der Waals surface area (Å²) in [7, 11) is 0. The van der Waals surface area contributed by atoms with Crippen molar-refractivity contribution in [3.8, 4) is 0 Å². The zero-order valence-electron chi connectivity index (χ0n) is 11.2. The second-order valence-electron chi connectivity index (χ2n) is 5.35. The third-order valence-electron chi connectivity index (χ3n) is 2.40. The minimum absolute atomic E-state index is 0.00954. The summed E-state index contributed by atoms with van der Waals surface area (Å²) in [5, 5.41) is 13.7. The van der Waals surface area contributed by atoms with Gasteiger partial charge in [-0.25, -0.2) is 0 Å². The van der Waals surface area contributed by atoms with E-state index < -0.39 is 10.8 Å². The highest BCUT2D eigenvalue weighted by molar-refractivity contribution is 6.00. The van der Waals surface area contributed by atoms with Gasteiger partial charge in [0.2, 0.25) is 0 Å². The van der Waals surface area contributed by atoms with E-state index in [4.69, 9.17) is 5.84 Å². The number of nitrogens with one attached hydrogen (secondary N) is 2. The molecule has 0 spiro atoms. The Bertz CT molecular complexity index is 494. The van der Waals surface area contributed by atoms with Gasteiger partial charge in [-0.1, -0.05) is 26.8 Å². The van der Waals surface area contributed by atoms with Crippen molar-refractivity contribution < 1.29 is 9.72 Å². The fourth-order valence-corrected chi connectivity index (χ4v) is 1.48. The molecule has 0 saturated carbocycles. The maximum atomic E-state index is 12.0. The second-order valence-corrected chi connectivity index (χ2v) is 5.35. The third-order valence-corrected chi connectivity index (χ3v) is 2.40. The maximum Gasteiger partial charge on any atom is 0.306 e. The van der Waals surface area contributed by atoms with Crippen LogP contribution in [0.3, 0.4) is 0 Å². The van der Waals surface area contributed by atoms with Gasteiger partial charge >= 0.3 is 5.69 Å². The number of hydrazine groups is 1. The van der Waals surface area contributed by atoms with E-state index in [1.165, 1.54) is 18.2 Å². The number of nitrogen functional groups attached to an aromatic ring is 1. The van der Waals surface area contributed by atoms with Gasteiger partial charge in [0.25, 0.3) is 5.91 Å². The van der Waals surface area contributed by atoms with E-state index in [1.807, 2.05) is 20.8 Å². The number of para-hydroxylation sites is 1. The van der Waals surface area contributed by atoms with E-state index >= 15 is 0 Å². The molecule has 0 bridgehead atoms. The third kappa shape index (κ3) is 3.92. The highest BCUT2D eigenvalue weighted by atomic mass is 16.6. The monoisotopic (exact) mass is 266 g/mol. The first-order valence-electron chi connectivity index (χ1n) is 5.78. The number of nitrogens with zero attached hydrogens (tertiary/aromatic N) is 1. The quantitative estimate of drug-likeness (QED) is 0.436. The van der Waals surface area contributed by atoms with Gasteiger partial charge in [0, 0.05) is 6.54 Å². The van der Waals surface area contributed by atoms with Gasteiger partial charge in [0.05, 0.1) is 4.92 Å². The van der Waals surface area contributed by atoms with Crippen molar-refractivity contribution in [1.29, 1.82) is 0 Å². The molecule has 1 rings (SSSR count). The molecule has 104 valence electrons. The normalized spacial score (nSPS) is 10.9. The predicted molar refractivity (Wildman–Crippen MR) is 72.7 cm³/mol. The number of anilines is 1. The lowest BCUT2D eigenvalue weighted by Gasteiger charge is -2.18. The fraction of sp³-hybridized carbons (Fsp3) is 0.417. The van der Waals surface area contributed by atoms with Crippen LogP contribution >= 0.6 is 0 Å². The highest BCUT2D eigenvalue weighted by Gasteiger charge is 2.24. The number of rotatable bonds is 4. The lowest BCUT2D eigenvalue weighted by atomic mass is 9.97. The predicted octanol–water partition coefficient (Wildman–Crippen LogP) is 1.66. The second kappa shape index (κ2) is 5.66. The summed E-state index contributed by atoms with van der Waals surface area (Å²) < 4.78 is 0. The van der Waals surface area contributed by atoms with Gasteiger partial charge in [-0.2, -0.15) is 0 Å². The Kier molecular flexibility index (Phi) is 4.44. The molecule has 0 radical (unpaired) electrons. The number of nitro benzene ring substituents is 1. The lowest BCUT2D eigenvalue weighted by Crippen LogP contribution is -2.32. The van der Waals surface area contributed by atoms with Crippen molar-refractivity contribution in [1.82, 2.24) is 5.32 Å². The van der Waals surface area contributed by atoms with Crippen molar-refractivity contribution >= 4 is 17.3 Å². The summed E-state index contributed by atoms with van der Waals surface area (Å²) in [4.78, 5) is 22.4. The molecule has 1 aromatic rings. The minimum Gasteiger partial charge on any atom is -0.351 e. The average Bonchev–Trinajstić information content (AvgIpc) is 2.33. The van der Waals surface area contributed by atoms with Crippen molar-refractivity contribution in [2.24, 2.45) is 11.3 Å².